The standard InChI is InChI=1S/C15H14FNO3S/c1-8-12-10(16)3-2-4-11(12)21-13(8)14(18)17-6-5-9(7-17)15(19)20/h2-4,9H,5-7H2,1H3,(H,19,20). The number of aliphatic carboxylic acids is 1. The van der Waals surface area contributed by atoms with Gasteiger partial charge in [0.1, 0.15) is 5.82 Å². The van der Waals surface area contributed by atoms with Crippen LogP contribution in [0.3, 0.4) is 0 Å². The highest BCUT2D eigenvalue weighted by Gasteiger charge is 2.32. The Hall–Kier alpha value is -1.95. The third-order valence-electron chi connectivity index (χ3n) is 3.92. The summed E-state index contributed by atoms with van der Waals surface area (Å²) < 4.78 is 14.6. The lowest BCUT2D eigenvalue weighted by atomic mass is 10.1. The Labute approximate surface area is 124 Å². The number of amides is 1. The van der Waals surface area contributed by atoms with Crippen molar-refractivity contribution in [1.29, 1.82) is 0 Å². The zero-order valence-corrected chi connectivity index (χ0v) is 12.2. The second-order valence-electron chi connectivity index (χ2n) is 5.24. The molecular weight excluding hydrogens is 293 g/mol. The van der Waals surface area contributed by atoms with Crippen molar-refractivity contribution in [2.45, 2.75) is 13.3 Å². The summed E-state index contributed by atoms with van der Waals surface area (Å²) >= 11 is 1.26. The summed E-state index contributed by atoms with van der Waals surface area (Å²) in [6, 6.07) is 4.79. The van der Waals surface area contributed by atoms with E-state index in [4.69, 9.17) is 5.11 Å². The fraction of sp³-hybridized carbons (Fsp3) is 0.333. The van der Waals surface area contributed by atoms with Crippen molar-refractivity contribution >= 4 is 33.3 Å². The molecule has 1 aromatic carbocycles. The second kappa shape index (κ2) is 5.11. The van der Waals surface area contributed by atoms with Gasteiger partial charge < -0.3 is 10.0 Å². The van der Waals surface area contributed by atoms with Crippen molar-refractivity contribution in [3.63, 3.8) is 0 Å². The van der Waals surface area contributed by atoms with Crippen molar-refractivity contribution in [2.24, 2.45) is 5.92 Å². The quantitative estimate of drug-likeness (QED) is 0.928. The molecule has 4 nitrogen and oxygen atoms in total. The van der Waals surface area contributed by atoms with Crippen molar-refractivity contribution < 1.29 is 19.1 Å². The van der Waals surface area contributed by atoms with Crippen molar-refractivity contribution in [3.8, 4) is 0 Å². The number of hydrogen-bond donors (Lipinski definition) is 1. The lowest BCUT2D eigenvalue weighted by Crippen LogP contribution is -2.29. The van der Waals surface area contributed by atoms with Gasteiger partial charge in [-0.1, -0.05) is 6.07 Å². The minimum Gasteiger partial charge on any atom is -0.481 e. The third-order valence-corrected chi connectivity index (χ3v) is 5.17. The molecule has 1 amide bonds. The Morgan fingerprint density at radius 2 is 2.19 bits per heavy atom. The Morgan fingerprint density at radius 3 is 2.81 bits per heavy atom. The predicted octanol–water partition coefficient (Wildman–Crippen LogP) is 2.90. The van der Waals surface area contributed by atoms with Crippen LogP contribution in [-0.2, 0) is 4.79 Å². The van der Waals surface area contributed by atoms with E-state index in [1.807, 2.05) is 0 Å². The number of rotatable bonds is 2. The van der Waals surface area contributed by atoms with Crippen LogP contribution in [0.5, 0.6) is 0 Å². The highest BCUT2D eigenvalue weighted by molar-refractivity contribution is 7.21. The summed E-state index contributed by atoms with van der Waals surface area (Å²) in [5.41, 5.74) is 0.636. The number of hydrogen-bond acceptors (Lipinski definition) is 3. The van der Waals surface area contributed by atoms with Gasteiger partial charge in [-0.15, -0.1) is 11.3 Å². The van der Waals surface area contributed by atoms with E-state index < -0.39 is 11.9 Å². The lowest BCUT2D eigenvalue weighted by molar-refractivity contribution is -0.141. The van der Waals surface area contributed by atoms with Crippen LogP contribution in [0, 0.1) is 18.7 Å². The minimum absolute atomic E-state index is 0.197. The third kappa shape index (κ3) is 2.29. The molecule has 0 bridgehead atoms. The summed E-state index contributed by atoms with van der Waals surface area (Å²) in [6.07, 6.45) is 0.472. The number of carbonyl (C=O) groups excluding carboxylic acids is 1. The van der Waals surface area contributed by atoms with Gasteiger partial charge in [0.15, 0.2) is 0 Å². The number of carbonyl (C=O) groups is 2. The van der Waals surface area contributed by atoms with Crippen LogP contribution in [-0.4, -0.2) is 35.0 Å². The van der Waals surface area contributed by atoms with Crippen LogP contribution in [0.4, 0.5) is 4.39 Å². The van der Waals surface area contributed by atoms with E-state index in [2.05, 4.69) is 0 Å². The maximum Gasteiger partial charge on any atom is 0.308 e. The van der Waals surface area contributed by atoms with E-state index in [9.17, 15) is 14.0 Å². The Bertz CT molecular complexity index is 740. The smallest absolute Gasteiger partial charge is 0.308 e. The fourth-order valence-electron chi connectivity index (χ4n) is 2.75. The number of carboxylic acid groups (broad SMARTS) is 1. The fourth-order valence-corrected chi connectivity index (χ4v) is 3.94. The van der Waals surface area contributed by atoms with Crippen LogP contribution < -0.4 is 0 Å². The van der Waals surface area contributed by atoms with Gasteiger partial charge in [-0.3, -0.25) is 9.59 Å². The molecule has 0 aliphatic carbocycles. The zero-order chi connectivity index (χ0) is 15.1. The maximum atomic E-state index is 13.9. The molecular formula is C15H14FNO3S. The van der Waals surface area contributed by atoms with Crippen LogP contribution in [0.25, 0.3) is 10.1 Å². The van der Waals surface area contributed by atoms with Gasteiger partial charge in [0.25, 0.3) is 5.91 Å². The number of halogens is 1. The molecule has 1 N–H and O–H groups in total. The molecule has 1 atom stereocenters. The molecule has 0 radical (unpaired) electrons. The number of thiophene rings is 1. The average Bonchev–Trinajstić information content (AvgIpc) is 3.04. The number of fused-ring (bicyclic) bond motifs is 1. The molecule has 1 aromatic heterocycles. The lowest BCUT2D eigenvalue weighted by Gasteiger charge is -2.15. The molecule has 1 fully saturated rings. The predicted molar refractivity (Wildman–Crippen MR) is 78.2 cm³/mol. The zero-order valence-electron chi connectivity index (χ0n) is 11.4. The molecule has 21 heavy (non-hydrogen) atoms. The molecule has 2 aromatic rings. The summed E-state index contributed by atoms with van der Waals surface area (Å²) in [5, 5.41) is 9.49. The van der Waals surface area contributed by atoms with Crippen molar-refractivity contribution in [2.75, 3.05) is 13.1 Å². The monoisotopic (exact) mass is 307 g/mol. The Kier molecular flexibility index (Phi) is 3.41. The molecule has 1 saturated heterocycles. The van der Waals surface area contributed by atoms with Crippen molar-refractivity contribution in [1.82, 2.24) is 4.90 Å². The highest BCUT2D eigenvalue weighted by Crippen LogP contribution is 2.34. The normalized spacial score (nSPS) is 18.4. The van der Waals surface area contributed by atoms with E-state index in [0.29, 0.717) is 28.8 Å². The number of likely N-dealkylation sites (tertiary alicyclic amines) is 1. The van der Waals surface area contributed by atoms with E-state index in [1.54, 1.807) is 24.0 Å². The number of nitrogens with zero attached hydrogens (tertiary/aromatic N) is 1. The number of carboxylic acids is 1. The Balaban J connectivity index is 1.94. The SMILES string of the molecule is Cc1c(C(=O)N2CCC(C(=O)O)C2)sc2cccc(F)c12. The van der Waals surface area contributed by atoms with Crippen LogP contribution >= 0.6 is 11.3 Å². The molecule has 3 rings (SSSR count). The summed E-state index contributed by atoms with van der Waals surface area (Å²) in [6.45, 7) is 2.40. The largest absolute Gasteiger partial charge is 0.481 e. The molecule has 110 valence electrons. The molecule has 1 aliphatic heterocycles. The minimum atomic E-state index is -0.871. The number of aryl methyl sites for hydroxylation is 1. The topological polar surface area (TPSA) is 57.6 Å². The first kappa shape index (κ1) is 14.0. The van der Waals surface area contributed by atoms with Gasteiger partial charge in [-0.2, -0.15) is 0 Å². The molecule has 2 heterocycles. The van der Waals surface area contributed by atoms with E-state index in [-0.39, 0.29) is 18.3 Å². The second-order valence-corrected chi connectivity index (χ2v) is 6.30. The van der Waals surface area contributed by atoms with Gasteiger partial charge in [-0.05, 0) is 31.0 Å². The van der Waals surface area contributed by atoms with E-state index >= 15 is 0 Å². The first-order valence-corrected chi connectivity index (χ1v) is 7.50. The van der Waals surface area contributed by atoms with Gasteiger partial charge >= 0.3 is 5.97 Å². The highest BCUT2D eigenvalue weighted by atomic mass is 32.1. The van der Waals surface area contributed by atoms with Crippen LogP contribution in [0.1, 0.15) is 21.7 Å². The van der Waals surface area contributed by atoms with E-state index in [1.165, 1.54) is 17.4 Å². The molecule has 1 aliphatic rings. The van der Waals surface area contributed by atoms with Crippen molar-refractivity contribution in [3.05, 3.63) is 34.5 Å². The molecule has 1 unspecified atom stereocenters. The van der Waals surface area contributed by atoms with Crippen LogP contribution in [0.2, 0.25) is 0 Å². The molecule has 0 spiro atoms. The molecule has 0 saturated carbocycles. The van der Waals surface area contributed by atoms with E-state index in [0.717, 1.165) is 4.70 Å². The molecule has 6 heteroatoms. The summed E-state index contributed by atoms with van der Waals surface area (Å²) in [4.78, 5) is 25.6. The number of benzene rings is 1. The Morgan fingerprint density at radius 1 is 1.43 bits per heavy atom. The first-order chi connectivity index (χ1) is 9.99. The maximum absolute atomic E-state index is 13.9. The summed E-state index contributed by atoms with van der Waals surface area (Å²) in [7, 11) is 0. The van der Waals surface area contributed by atoms with Gasteiger partial charge in [0.05, 0.1) is 10.8 Å². The van der Waals surface area contributed by atoms with Crippen LogP contribution in [0.15, 0.2) is 18.2 Å². The first-order valence-electron chi connectivity index (χ1n) is 6.68. The summed E-state index contributed by atoms with van der Waals surface area (Å²) in [5.74, 6) is -1.90. The average molecular weight is 307 g/mol. The van der Waals surface area contributed by atoms with Gasteiger partial charge in [-0.25, -0.2) is 4.39 Å². The van der Waals surface area contributed by atoms with Gasteiger partial charge in [0.2, 0.25) is 0 Å². The van der Waals surface area contributed by atoms with Gasteiger partial charge in [0, 0.05) is 23.2 Å².